The highest BCUT2D eigenvalue weighted by Crippen LogP contribution is 2.32. The van der Waals surface area contributed by atoms with E-state index in [1.165, 1.54) is 20.8 Å². The third-order valence-electron chi connectivity index (χ3n) is 2.70. The Kier molecular flexibility index (Phi) is 1.94. The van der Waals surface area contributed by atoms with Crippen LogP contribution in [0.2, 0.25) is 0 Å². The minimum Gasteiger partial charge on any atom is -0.290 e. The van der Waals surface area contributed by atoms with Crippen LogP contribution < -0.4 is 0 Å². The molecule has 0 radical (unpaired) electrons. The Labute approximate surface area is 75.3 Å². The summed E-state index contributed by atoms with van der Waals surface area (Å²) in [6, 6.07) is 0. The van der Waals surface area contributed by atoms with Gasteiger partial charge in [0.1, 0.15) is 0 Å². The molecule has 1 atom stereocenters. The van der Waals surface area contributed by atoms with Gasteiger partial charge in [-0.25, -0.2) is 0 Å². The van der Waals surface area contributed by atoms with Crippen molar-refractivity contribution in [3.63, 3.8) is 0 Å². The maximum atomic E-state index is 11.3. The molecule has 0 aromatic carbocycles. The van der Waals surface area contributed by atoms with Crippen molar-refractivity contribution >= 4 is 23.1 Å². The topological polar surface area (TPSA) is 68.3 Å². The summed E-state index contributed by atoms with van der Waals surface area (Å²) in [7, 11) is 0. The number of hydrogen-bond donors (Lipinski definition) is 0. The highest BCUT2D eigenvalue weighted by Gasteiger charge is 2.51. The molecule has 0 saturated heterocycles. The van der Waals surface area contributed by atoms with Gasteiger partial charge in [-0.3, -0.25) is 19.2 Å². The second-order valence-corrected chi connectivity index (χ2v) is 3.79. The van der Waals surface area contributed by atoms with Gasteiger partial charge in [0, 0.05) is 11.3 Å². The molecule has 0 spiro atoms. The van der Waals surface area contributed by atoms with Gasteiger partial charge >= 0.3 is 0 Å². The lowest BCUT2D eigenvalue weighted by Crippen LogP contribution is -2.52. The minimum atomic E-state index is -1.17. The second kappa shape index (κ2) is 2.58. The van der Waals surface area contributed by atoms with E-state index in [-0.39, 0.29) is 0 Å². The standard InChI is InChI=1S/C9H10O4/c1-4-5(10)6(11)7(12)8(13)9(4,2)3/h4H,1-3H3. The molecule has 1 saturated carbocycles. The van der Waals surface area contributed by atoms with Gasteiger partial charge in [-0.2, -0.15) is 0 Å². The third kappa shape index (κ3) is 1.13. The number of carbonyl (C=O) groups is 4. The van der Waals surface area contributed by atoms with Crippen molar-refractivity contribution in [2.24, 2.45) is 11.3 Å². The van der Waals surface area contributed by atoms with Gasteiger partial charge in [-0.1, -0.05) is 20.8 Å². The van der Waals surface area contributed by atoms with Gasteiger partial charge in [-0.15, -0.1) is 0 Å². The highest BCUT2D eigenvalue weighted by molar-refractivity contribution is 6.80. The predicted molar refractivity (Wildman–Crippen MR) is 43.0 cm³/mol. The van der Waals surface area contributed by atoms with Crippen LogP contribution in [0.1, 0.15) is 20.8 Å². The molecule has 0 aliphatic heterocycles. The van der Waals surface area contributed by atoms with Crippen LogP contribution >= 0.6 is 0 Å². The van der Waals surface area contributed by atoms with Crippen LogP contribution in [0, 0.1) is 11.3 Å². The molecule has 4 nitrogen and oxygen atoms in total. The van der Waals surface area contributed by atoms with Gasteiger partial charge in [0.2, 0.25) is 11.6 Å². The van der Waals surface area contributed by atoms with Gasteiger partial charge in [0.05, 0.1) is 0 Å². The van der Waals surface area contributed by atoms with Gasteiger partial charge in [-0.05, 0) is 0 Å². The Morgan fingerprint density at radius 1 is 1.00 bits per heavy atom. The highest BCUT2D eigenvalue weighted by atomic mass is 16.2. The fraction of sp³-hybridized carbons (Fsp3) is 0.556. The van der Waals surface area contributed by atoms with Gasteiger partial charge in [0.15, 0.2) is 0 Å². The summed E-state index contributed by atoms with van der Waals surface area (Å²) in [5.41, 5.74) is -1.04. The van der Waals surface area contributed by atoms with Crippen LogP contribution in [0.3, 0.4) is 0 Å². The maximum Gasteiger partial charge on any atom is 0.272 e. The molecule has 70 valence electrons. The summed E-state index contributed by atoms with van der Waals surface area (Å²) in [4.78, 5) is 44.4. The van der Waals surface area contributed by atoms with Crippen molar-refractivity contribution in [2.75, 3.05) is 0 Å². The first-order chi connectivity index (χ1) is 5.80. The SMILES string of the molecule is CC1C(=O)C(=O)C(=O)C(=O)C1(C)C. The molecule has 1 fully saturated rings. The molecule has 0 bridgehead atoms. The van der Waals surface area contributed by atoms with Crippen molar-refractivity contribution in [1.82, 2.24) is 0 Å². The molecule has 0 aromatic rings. The molecule has 1 aliphatic carbocycles. The summed E-state index contributed by atoms with van der Waals surface area (Å²) in [6.07, 6.45) is 0. The Morgan fingerprint density at radius 2 is 1.46 bits per heavy atom. The fourth-order valence-corrected chi connectivity index (χ4v) is 1.23. The van der Waals surface area contributed by atoms with E-state index in [2.05, 4.69) is 0 Å². The Hall–Kier alpha value is -1.32. The van der Waals surface area contributed by atoms with E-state index in [0.29, 0.717) is 0 Å². The zero-order chi connectivity index (χ0) is 10.4. The Bertz CT molecular complexity index is 325. The van der Waals surface area contributed by atoms with Crippen LogP contribution in [0.25, 0.3) is 0 Å². The molecule has 1 aliphatic rings. The zero-order valence-electron chi connectivity index (χ0n) is 7.71. The summed E-state index contributed by atoms with van der Waals surface area (Å²) < 4.78 is 0. The zero-order valence-corrected chi connectivity index (χ0v) is 7.71. The van der Waals surface area contributed by atoms with E-state index in [1.807, 2.05) is 0 Å². The quantitative estimate of drug-likeness (QED) is 0.492. The van der Waals surface area contributed by atoms with Gasteiger partial charge < -0.3 is 0 Å². The van der Waals surface area contributed by atoms with Crippen LogP contribution in [0.15, 0.2) is 0 Å². The first-order valence-corrected chi connectivity index (χ1v) is 3.97. The van der Waals surface area contributed by atoms with Crippen molar-refractivity contribution < 1.29 is 19.2 Å². The molecule has 0 heterocycles. The number of Topliss-reactive ketones (excluding diaryl/α,β-unsaturated/α-hetero) is 4. The lowest BCUT2D eigenvalue weighted by atomic mass is 9.67. The third-order valence-corrected chi connectivity index (χ3v) is 2.70. The van der Waals surface area contributed by atoms with E-state index in [0.717, 1.165) is 0 Å². The lowest BCUT2D eigenvalue weighted by molar-refractivity contribution is -0.158. The van der Waals surface area contributed by atoms with Crippen molar-refractivity contribution in [3.05, 3.63) is 0 Å². The first-order valence-electron chi connectivity index (χ1n) is 3.97. The second-order valence-electron chi connectivity index (χ2n) is 3.79. The summed E-state index contributed by atoms with van der Waals surface area (Å²) in [6.45, 7) is 4.50. The van der Waals surface area contributed by atoms with E-state index < -0.39 is 34.5 Å². The van der Waals surface area contributed by atoms with Crippen LogP contribution in [0.5, 0.6) is 0 Å². The molecule has 0 aromatic heterocycles. The number of ketones is 4. The monoisotopic (exact) mass is 182 g/mol. The van der Waals surface area contributed by atoms with Crippen LogP contribution in [-0.4, -0.2) is 23.1 Å². The normalized spacial score (nSPS) is 28.1. The predicted octanol–water partition coefficient (Wildman–Crippen LogP) is -0.0613. The largest absolute Gasteiger partial charge is 0.290 e. The fourth-order valence-electron chi connectivity index (χ4n) is 1.23. The Morgan fingerprint density at radius 3 is 1.92 bits per heavy atom. The van der Waals surface area contributed by atoms with E-state index in [4.69, 9.17) is 0 Å². The van der Waals surface area contributed by atoms with Crippen molar-refractivity contribution in [2.45, 2.75) is 20.8 Å². The molecule has 0 N–H and O–H groups in total. The smallest absolute Gasteiger partial charge is 0.272 e. The molecule has 0 amide bonds. The molecular weight excluding hydrogens is 172 g/mol. The average Bonchev–Trinajstić information content (AvgIpc) is 2.09. The lowest BCUT2D eigenvalue weighted by Gasteiger charge is -2.31. The van der Waals surface area contributed by atoms with Crippen molar-refractivity contribution in [3.8, 4) is 0 Å². The Balaban J connectivity index is 3.23. The summed E-state index contributed by atoms with van der Waals surface area (Å²) in [5, 5.41) is 0. The molecular formula is C9H10O4. The van der Waals surface area contributed by atoms with E-state index >= 15 is 0 Å². The first kappa shape index (κ1) is 9.77. The van der Waals surface area contributed by atoms with Crippen molar-refractivity contribution in [1.29, 1.82) is 0 Å². The summed E-state index contributed by atoms with van der Waals surface area (Å²) >= 11 is 0. The van der Waals surface area contributed by atoms with Crippen LogP contribution in [-0.2, 0) is 19.2 Å². The summed E-state index contributed by atoms with van der Waals surface area (Å²) in [5.74, 6) is -4.56. The molecule has 13 heavy (non-hydrogen) atoms. The van der Waals surface area contributed by atoms with E-state index in [1.54, 1.807) is 0 Å². The average molecular weight is 182 g/mol. The number of rotatable bonds is 0. The maximum absolute atomic E-state index is 11.3. The van der Waals surface area contributed by atoms with Crippen LogP contribution in [0.4, 0.5) is 0 Å². The molecule has 4 heteroatoms. The van der Waals surface area contributed by atoms with Gasteiger partial charge in [0.25, 0.3) is 11.6 Å². The minimum absolute atomic E-state index is 0.704. The number of hydrogen-bond acceptors (Lipinski definition) is 4. The van der Waals surface area contributed by atoms with E-state index in [9.17, 15) is 19.2 Å². The molecule has 1 rings (SSSR count). The molecule has 1 unspecified atom stereocenters. The number of carbonyl (C=O) groups excluding carboxylic acids is 4.